The van der Waals surface area contributed by atoms with E-state index in [1.54, 1.807) is 49.7 Å². The van der Waals surface area contributed by atoms with Gasteiger partial charge in [0.15, 0.2) is 11.5 Å². The zero-order valence-corrected chi connectivity index (χ0v) is 25.9. The number of fused-ring (bicyclic) bond motifs is 1. The number of anilines is 2. The fourth-order valence-corrected chi connectivity index (χ4v) is 4.50. The van der Waals surface area contributed by atoms with Gasteiger partial charge in [0.1, 0.15) is 18.0 Å². The number of benzene rings is 1. The van der Waals surface area contributed by atoms with Gasteiger partial charge in [-0.1, -0.05) is 6.92 Å². The summed E-state index contributed by atoms with van der Waals surface area (Å²) >= 11 is 0. The van der Waals surface area contributed by atoms with Crippen LogP contribution in [0.5, 0.6) is 0 Å². The number of aromatic nitrogens is 5. The third-order valence-corrected chi connectivity index (χ3v) is 6.40. The Hall–Kier alpha value is -4.63. The van der Waals surface area contributed by atoms with Crippen LogP contribution in [0.15, 0.2) is 43.0 Å². The molecule has 0 saturated heterocycles. The number of halogens is 2. The molecule has 0 fully saturated rings. The molecule has 1 aromatic carbocycles. The quantitative estimate of drug-likeness (QED) is 0.169. The number of hydrogen-bond donors (Lipinski definition) is 3. The van der Waals surface area contributed by atoms with Crippen molar-refractivity contribution in [2.24, 2.45) is 0 Å². The predicted octanol–water partition coefficient (Wildman–Crippen LogP) is 4.71. The fraction of sp³-hybridized carbons (Fsp3) is 0.433. The molecule has 45 heavy (non-hydrogen) atoms. The van der Waals surface area contributed by atoms with Crippen LogP contribution in [0.25, 0.3) is 16.9 Å². The first kappa shape index (κ1) is 33.3. The Morgan fingerprint density at radius 2 is 1.84 bits per heavy atom. The minimum absolute atomic E-state index is 0.0292. The maximum absolute atomic E-state index is 13.8. The lowest BCUT2D eigenvalue weighted by atomic mass is 10.0. The Bertz CT molecular complexity index is 1620. The lowest BCUT2D eigenvalue weighted by Crippen LogP contribution is -2.34. The van der Waals surface area contributed by atoms with Crippen LogP contribution < -0.4 is 16.0 Å². The van der Waals surface area contributed by atoms with Gasteiger partial charge >= 0.3 is 6.09 Å². The highest BCUT2D eigenvalue weighted by atomic mass is 19.3. The van der Waals surface area contributed by atoms with Gasteiger partial charge in [-0.25, -0.2) is 28.2 Å². The Morgan fingerprint density at radius 1 is 1.09 bits per heavy atom. The number of rotatable bonds is 14. The molecule has 13 nitrogen and oxygen atoms in total. The second kappa shape index (κ2) is 14.9. The highest BCUT2D eigenvalue weighted by Crippen LogP contribution is 2.32. The molecule has 0 bridgehead atoms. The molecule has 0 unspecified atom stereocenters. The lowest BCUT2D eigenvalue weighted by molar-refractivity contribution is 0.0500. The summed E-state index contributed by atoms with van der Waals surface area (Å²) in [5, 5.41) is 12.6. The van der Waals surface area contributed by atoms with E-state index in [0.717, 1.165) is 5.56 Å². The average molecular weight is 629 g/mol. The van der Waals surface area contributed by atoms with Crippen LogP contribution in [-0.4, -0.2) is 75.2 Å². The van der Waals surface area contributed by atoms with Gasteiger partial charge in [-0.3, -0.25) is 9.20 Å². The zero-order valence-electron chi connectivity index (χ0n) is 25.9. The summed E-state index contributed by atoms with van der Waals surface area (Å²) in [6.45, 7) is 8.46. The molecule has 242 valence electrons. The Kier molecular flexibility index (Phi) is 11.0. The van der Waals surface area contributed by atoms with Crippen LogP contribution in [-0.2, 0) is 27.4 Å². The van der Waals surface area contributed by atoms with E-state index in [2.05, 4.69) is 31.0 Å². The minimum atomic E-state index is -2.79. The molecule has 3 N–H and O–H groups in total. The fourth-order valence-electron chi connectivity index (χ4n) is 4.50. The molecule has 0 aliphatic rings. The summed E-state index contributed by atoms with van der Waals surface area (Å²) in [4.78, 5) is 33.4. The summed E-state index contributed by atoms with van der Waals surface area (Å²) in [6, 6.07) is 5.33. The number of nitrogens with zero attached hydrogens (tertiary/aromatic N) is 5. The number of methoxy groups -OCH3 is 1. The van der Waals surface area contributed by atoms with Crippen LogP contribution in [0.1, 0.15) is 55.7 Å². The van der Waals surface area contributed by atoms with E-state index in [1.165, 1.54) is 24.2 Å². The van der Waals surface area contributed by atoms with Crippen molar-refractivity contribution in [2.75, 3.05) is 38.7 Å². The topological polar surface area (TPSA) is 146 Å². The molecule has 0 aliphatic heterocycles. The standard InChI is InChI=1S/C30H38F2N8O5/c1-6-19-15-20(7-8-21(19)28(41)34-10-13-44-14-11-35-29(42)45-30(2,3)4)37-26-27-36-16-23(40(27)12-9-33-26)22-17-39(18-43-5)38-24(22)25(31)32/h7-9,12,15-17,25H,6,10-11,13-14,18H2,1-5H3,(H,33,37)(H,34,41)(H,35,42). The molecular weight excluding hydrogens is 590 g/mol. The van der Waals surface area contributed by atoms with Crippen molar-refractivity contribution in [3.8, 4) is 11.3 Å². The number of alkyl halides is 2. The van der Waals surface area contributed by atoms with Crippen molar-refractivity contribution in [3.63, 3.8) is 0 Å². The van der Waals surface area contributed by atoms with E-state index in [0.29, 0.717) is 41.4 Å². The normalized spacial score (nSPS) is 11.6. The van der Waals surface area contributed by atoms with E-state index in [4.69, 9.17) is 14.2 Å². The number of carbonyl (C=O) groups is 2. The number of imidazole rings is 1. The molecule has 0 atom stereocenters. The predicted molar refractivity (Wildman–Crippen MR) is 163 cm³/mol. The molecule has 0 aliphatic carbocycles. The van der Waals surface area contributed by atoms with E-state index in [9.17, 15) is 18.4 Å². The smallest absolute Gasteiger partial charge is 0.407 e. The van der Waals surface area contributed by atoms with Gasteiger partial charge in [-0.05, 0) is 51.0 Å². The minimum Gasteiger partial charge on any atom is -0.444 e. The molecule has 15 heteroatoms. The van der Waals surface area contributed by atoms with Gasteiger partial charge in [0.25, 0.3) is 12.3 Å². The molecule has 3 aromatic heterocycles. The van der Waals surface area contributed by atoms with Gasteiger partial charge in [-0.15, -0.1) is 0 Å². The van der Waals surface area contributed by atoms with E-state index < -0.39 is 18.1 Å². The van der Waals surface area contributed by atoms with Gasteiger partial charge in [0.2, 0.25) is 0 Å². The first-order valence-electron chi connectivity index (χ1n) is 14.4. The molecule has 0 radical (unpaired) electrons. The first-order chi connectivity index (χ1) is 21.5. The van der Waals surface area contributed by atoms with E-state index in [-0.39, 0.29) is 43.7 Å². The Morgan fingerprint density at radius 3 is 2.53 bits per heavy atom. The Labute approximate surface area is 259 Å². The summed E-state index contributed by atoms with van der Waals surface area (Å²) in [6.07, 6.45) is 3.47. The Balaban J connectivity index is 1.38. The van der Waals surface area contributed by atoms with E-state index >= 15 is 0 Å². The number of carbonyl (C=O) groups excluding carboxylic acids is 2. The zero-order chi connectivity index (χ0) is 32.6. The van der Waals surface area contributed by atoms with Crippen molar-refractivity contribution >= 4 is 29.2 Å². The summed E-state index contributed by atoms with van der Waals surface area (Å²) < 4.78 is 46.2. The van der Waals surface area contributed by atoms with Crippen LogP contribution in [0.2, 0.25) is 0 Å². The van der Waals surface area contributed by atoms with Gasteiger partial charge in [-0.2, -0.15) is 5.10 Å². The maximum Gasteiger partial charge on any atom is 0.407 e. The molecule has 4 aromatic rings. The van der Waals surface area contributed by atoms with Crippen LogP contribution in [0, 0.1) is 0 Å². The number of alkyl carbamates (subject to hydrolysis) is 1. The van der Waals surface area contributed by atoms with Crippen molar-refractivity contribution in [1.29, 1.82) is 0 Å². The van der Waals surface area contributed by atoms with Crippen molar-refractivity contribution < 1.29 is 32.6 Å². The van der Waals surface area contributed by atoms with Gasteiger partial charge < -0.3 is 30.2 Å². The second-order valence-corrected chi connectivity index (χ2v) is 10.9. The average Bonchev–Trinajstić information content (AvgIpc) is 3.61. The van der Waals surface area contributed by atoms with Crippen LogP contribution in [0.4, 0.5) is 25.1 Å². The van der Waals surface area contributed by atoms with E-state index in [1.807, 2.05) is 13.0 Å². The molecule has 2 amide bonds. The molecule has 3 heterocycles. The van der Waals surface area contributed by atoms with Crippen molar-refractivity contribution in [1.82, 2.24) is 34.8 Å². The largest absolute Gasteiger partial charge is 0.444 e. The molecule has 4 rings (SSSR count). The summed E-state index contributed by atoms with van der Waals surface area (Å²) in [5.41, 5.74) is 2.15. The number of ether oxygens (including phenoxy) is 3. The molecule has 0 spiro atoms. The van der Waals surface area contributed by atoms with Gasteiger partial charge in [0, 0.05) is 55.6 Å². The summed E-state index contributed by atoms with van der Waals surface area (Å²) in [7, 11) is 1.46. The number of nitrogens with one attached hydrogen (secondary N) is 3. The SMILES string of the molecule is CCc1cc(Nc2nccn3c(-c4cn(COC)nc4C(F)F)cnc23)ccc1C(=O)NCCOCCNC(=O)OC(C)(C)C. The third-order valence-electron chi connectivity index (χ3n) is 6.40. The first-order valence-corrected chi connectivity index (χ1v) is 14.4. The number of hydrogen-bond acceptors (Lipinski definition) is 9. The van der Waals surface area contributed by atoms with Crippen LogP contribution in [0.3, 0.4) is 0 Å². The maximum atomic E-state index is 13.8. The van der Waals surface area contributed by atoms with Crippen molar-refractivity contribution in [2.45, 2.75) is 52.9 Å². The third kappa shape index (κ3) is 8.73. The monoisotopic (exact) mass is 628 g/mol. The second-order valence-electron chi connectivity index (χ2n) is 10.9. The lowest BCUT2D eigenvalue weighted by Gasteiger charge is -2.19. The van der Waals surface area contributed by atoms with Crippen LogP contribution >= 0.6 is 0 Å². The highest BCUT2D eigenvalue weighted by Gasteiger charge is 2.23. The highest BCUT2D eigenvalue weighted by molar-refractivity contribution is 5.96. The molecule has 0 saturated carbocycles. The van der Waals surface area contributed by atoms with Gasteiger partial charge in [0.05, 0.1) is 25.1 Å². The molecular formula is C30H38F2N8O5. The summed E-state index contributed by atoms with van der Waals surface area (Å²) in [5.74, 6) is 0.167. The van der Waals surface area contributed by atoms with Crippen molar-refractivity contribution in [3.05, 3.63) is 59.8 Å². The number of aryl methyl sites for hydroxylation is 1. The number of amides is 2.